The number of hydrogen-bond acceptors (Lipinski definition) is 5. The van der Waals surface area contributed by atoms with Crippen LogP contribution in [0, 0.1) is 6.92 Å². The molecule has 2 heterocycles. The molecule has 2 aromatic heterocycles. The summed E-state index contributed by atoms with van der Waals surface area (Å²) in [5.41, 5.74) is 3.10. The molecule has 4 rings (SSSR count). The summed E-state index contributed by atoms with van der Waals surface area (Å²) in [4.78, 5) is 9.93. The Balaban J connectivity index is 1.64. The molecule has 0 aliphatic rings. The van der Waals surface area contributed by atoms with Gasteiger partial charge in [-0.05, 0) is 67.1 Å². The topological polar surface area (TPSA) is 72.0 Å². The second kappa shape index (κ2) is 6.92. The van der Waals surface area contributed by atoms with Crippen molar-refractivity contribution in [1.29, 1.82) is 0 Å². The number of rotatable bonds is 4. The molecule has 0 saturated carbocycles. The Kier molecular flexibility index (Phi) is 4.59. The predicted molar refractivity (Wildman–Crippen MR) is 110 cm³/mol. The number of hydrogen-bond donors (Lipinski definition) is 1. The minimum absolute atomic E-state index is 0.160. The van der Waals surface area contributed by atoms with Crippen LogP contribution in [0.25, 0.3) is 20.9 Å². The smallest absolute Gasteiger partial charge is 0.261 e. The van der Waals surface area contributed by atoms with Gasteiger partial charge in [-0.1, -0.05) is 22.9 Å². The number of nitrogens with zero attached hydrogens (tertiary/aromatic N) is 2. The van der Waals surface area contributed by atoms with Gasteiger partial charge in [0, 0.05) is 16.8 Å². The Morgan fingerprint density at radius 1 is 1.07 bits per heavy atom. The third-order valence-corrected chi connectivity index (χ3v) is 6.67. The molecule has 0 amide bonds. The molecule has 0 unspecified atom stereocenters. The van der Waals surface area contributed by atoms with E-state index in [1.54, 1.807) is 24.4 Å². The quantitative estimate of drug-likeness (QED) is 0.502. The van der Waals surface area contributed by atoms with Crippen LogP contribution in [0.1, 0.15) is 5.56 Å². The molecule has 8 heteroatoms. The van der Waals surface area contributed by atoms with E-state index in [0.29, 0.717) is 10.7 Å². The summed E-state index contributed by atoms with van der Waals surface area (Å²) in [5.74, 6) is 0. The van der Waals surface area contributed by atoms with E-state index < -0.39 is 10.0 Å². The van der Waals surface area contributed by atoms with Crippen molar-refractivity contribution in [2.45, 2.75) is 11.8 Å². The number of aromatic nitrogens is 2. The fourth-order valence-corrected chi connectivity index (χ4v) is 4.78. The van der Waals surface area contributed by atoms with Gasteiger partial charge in [0.1, 0.15) is 15.4 Å². The summed E-state index contributed by atoms with van der Waals surface area (Å²) in [6, 6.07) is 15.3. The van der Waals surface area contributed by atoms with Gasteiger partial charge < -0.3 is 0 Å². The molecule has 136 valence electrons. The molecule has 27 heavy (non-hydrogen) atoms. The standard InChI is InChI=1S/C19H14ClN3O2S2/c1-12-11-13(18-22-17-3-2-10-21-19(17)26-18)4-9-16(12)23-27(24,25)15-7-5-14(20)6-8-15/h2-11,23H,1H3. The first kappa shape index (κ1) is 17.9. The van der Waals surface area contributed by atoms with Crippen molar-refractivity contribution in [2.24, 2.45) is 0 Å². The summed E-state index contributed by atoms with van der Waals surface area (Å²) in [6.07, 6.45) is 1.74. The number of thiazole rings is 1. The van der Waals surface area contributed by atoms with Crippen LogP contribution in [0.4, 0.5) is 5.69 Å². The summed E-state index contributed by atoms with van der Waals surface area (Å²) >= 11 is 7.33. The normalized spacial score (nSPS) is 11.6. The van der Waals surface area contributed by atoms with Crippen LogP contribution in [0.5, 0.6) is 0 Å². The Labute approximate surface area is 165 Å². The molecule has 0 radical (unpaired) electrons. The summed E-state index contributed by atoms with van der Waals surface area (Å²) in [6.45, 7) is 1.86. The zero-order valence-corrected chi connectivity index (χ0v) is 16.6. The Hall–Kier alpha value is -2.48. The molecule has 5 nitrogen and oxygen atoms in total. The Bertz CT molecular complexity index is 1200. The van der Waals surface area contributed by atoms with E-state index in [2.05, 4.69) is 14.7 Å². The van der Waals surface area contributed by atoms with E-state index in [4.69, 9.17) is 11.6 Å². The van der Waals surface area contributed by atoms with Gasteiger partial charge in [0.15, 0.2) is 0 Å². The van der Waals surface area contributed by atoms with E-state index in [1.165, 1.54) is 23.5 Å². The largest absolute Gasteiger partial charge is 0.279 e. The van der Waals surface area contributed by atoms with E-state index in [0.717, 1.165) is 26.5 Å². The SMILES string of the molecule is Cc1cc(-c2nc3cccnc3s2)ccc1NS(=O)(=O)c1ccc(Cl)cc1. The van der Waals surface area contributed by atoms with Gasteiger partial charge in [0.25, 0.3) is 10.0 Å². The monoisotopic (exact) mass is 415 g/mol. The van der Waals surface area contributed by atoms with Crippen LogP contribution in [-0.4, -0.2) is 18.4 Å². The molecule has 0 spiro atoms. The number of pyridine rings is 1. The molecule has 0 bridgehead atoms. The number of halogens is 1. The number of anilines is 1. The average Bonchev–Trinajstić information content (AvgIpc) is 3.08. The third-order valence-electron chi connectivity index (χ3n) is 4.01. The minimum Gasteiger partial charge on any atom is -0.279 e. The zero-order valence-electron chi connectivity index (χ0n) is 14.2. The van der Waals surface area contributed by atoms with Crippen LogP contribution in [-0.2, 0) is 10.0 Å². The number of sulfonamides is 1. The second-order valence-corrected chi connectivity index (χ2v) is 9.03. The molecule has 4 aromatic rings. The summed E-state index contributed by atoms with van der Waals surface area (Å²) < 4.78 is 27.8. The van der Waals surface area contributed by atoms with Crippen molar-refractivity contribution in [3.63, 3.8) is 0 Å². The highest BCUT2D eigenvalue weighted by molar-refractivity contribution is 7.92. The fraction of sp³-hybridized carbons (Fsp3) is 0.0526. The van der Waals surface area contributed by atoms with Crippen molar-refractivity contribution in [3.05, 3.63) is 71.4 Å². The van der Waals surface area contributed by atoms with Gasteiger partial charge in [0.2, 0.25) is 0 Å². The number of aryl methyl sites for hydroxylation is 1. The van der Waals surface area contributed by atoms with Crippen molar-refractivity contribution >= 4 is 49.0 Å². The molecule has 0 aliphatic carbocycles. The maximum absolute atomic E-state index is 12.6. The first-order valence-electron chi connectivity index (χ1n) is 8.03. The summed E-state index contributed by atoms with van der Waals surface area (Å²) in [5, 5.41) is 1.33. The van der Waals surface area contributed by atoms with Gasteiger partial charge in [-0.15, -0.1) is 0 Å². The lowest BCUT2D eigenvalue weighted by atomic mass is 10.1. The zero-order chi connectivity index (χ0) is 19.0. The van der Waals surface area contributed by atoms with Gasteiger partial charge in [-0.2, -0.15) is 0 Å². The van der Waals surface area contributed by atoms with Crippen LogP contribution < -0.4 is 4.72 Å². The number of benzene rings is 2. The van der Waals surface area contributed by atoms with E-state index in [1.807, 2.05) is 31.2 Å². The maximum Gasteiger partial charge on any atom is 0.261 e. The molecule has 0 fully saturated rings. The maximum atomic E-state index is 12.6. The highest BCUT2D eigenvalue weighted by Gasteiger charge is 2.16. The van der Waals surface area contributed by atoms with E-state index >= 15 is 0 Å². The van der Waals surface area contributed by atoms with Gasteiger partial charge in [0.05, 0.1) is 10.6 Å². The second-order valence-electron chi connectivity index (χ2n) is 5.94. The van der Waals surface area contributed by atoms with Gasteiger partial charge in [-0.25, -0.2) is 18.4 Å². The van der Waals surface area contributed by atoms with Crippen molar-refractivity contribution in [3.8, 4) is 10.6 Å². The minimum atomic E-state index is -3.68. The van der Waals surface area contributed by atoms with Crippen molar-refractivity contribution in [1.82, 2.24) is 9.97 Å². The lowest BCUT2D eigenvalue weighted by Gasteiger charge is -2.11. The molecule has 0 atom stereocenters. The van der Waals surface area contributed by atoms with Crippen LogP contribution in [0.3, 0.4) is 0 Å². The van der Waals surface area contributed by atoms with E-state index in [-0.39, 0.29) is 4.90 Å². The third kappa shape index (κ3) is 3.66. The fourth-order valence-electron chi connectivity index (χ4n) is 2.62. The van der Waals surface area contributed by atoms with Crippen LogP contribution in [0.2, 0.25) is 5.02 Å². The van der Waals surface area contributed by atoms with Gasteiger partial charge in [-0.3, -0.25) is 4.72 Å². The Morgan fingerprint density at radius 2 is 1.85 bits per heavy atom. The van der Waals surface area contributed by atoms with Crippen molar-refractivity contribution in [2.75, 3.05) is 4.72 Å². The number of nitrogens with one attached hydrogen (secondary N) is 1. The lowest BCUT2D eigenvalue weighted by molar-refractivity contribution is 0.601. The molecule has 1 N–H and O–H groups in total. The highest BCUT2D eigenvalue weighted by Crippen LogP contribution is 2.31. The molecular weight excluding hydrogens is 402 g/mol. The van der Waals surface area contributed by atoms with Crippen LogP contribution in [0.15, 0.2) is 65.7 Å². The average molecular weight is 416 g/mol. The van der Waals surface area contributed by atoms with Crippen molar-refractivity contribution < 1.29 is 8.42 Å². The van der Waals surface area contributed by atoms with Gasteiger partial charge >= 0.3 is 0 Å². The first-order chi connectivity index (χ1) is 12.9. The lowest BCUT2D eigenvalue weighted by Crippen LogP contribution is -2.13. The summed E-state index contributed by atoms with van der Waals surface area (Å²) in [7, 11) is -3.68. The first-order valence-corrected chi connectivity index (χ1v) is 10.7. The molecule has 0 saturated heterocycles. The van der Waals surface area contributed by atoms with Crippen LogP contribution >= 0.6 is 22.9 Å². The molecule has 0 aliphatic heterocycles. The Morgan fingerprint density at radius 3 is 2.56 bits per heavy atom. The highest BCUT2D eigenvalue weighted by atomic mass is 35.5. The molecule has 2 aromatic carbocycles. The molecular formula is C19H14ClN3O2S2. The number of fused-ring (bicyclic) bond motifs is 1. The van der Waals surface area contributed by atoms with E-state index in [9.17, 15) is 8.42 Å². The predicted octanol–water partition coefficient (Wildman–Crippen LogP) is 5.12.